The lowest BCUT2D eigenvalue weighted by atomic mass is 9.82. The van der Waals surface area contributed by atoms with Crippen LogP contribution in [0.1, 0.15) is 35.3 Å². The molecule has 0 saturated carbocycles. The summed E-state index contributed by atoms with van der Waals surface area (Å²) >= 11 is 0. The first-order chi connectivity index (χ1) is 11.2. The molecule has 0 amide bonds. The highest BCUT2D eigenvalue weighted by atomic mass is 16.5. The average molecular weight is 310 g/mol. The predicted octanol–water partition coefficient (Wildman–Crippen LogP) is 3.03. The van der Waals surface area contributed by atoms with E-state index in [0.29, 0.717) is 6.42 Å². The number of piperidine rings is 1. The number of likely N-dealkylation sites (tertiary alicyclic amines) is 1. The van der Waals surface area contributed by atoms with E-state index in [0.717, 1.165) is 43.8 Å². The van der Waals surface area contributed by atoms with Gasteiger partial charge in [-0.2, -0.15) is 0 Å². The number of fused-ring (bicyclic) bond motifs is 1. The minimum atomic E-state index is -0.295. The third kappa shape index (κ3) is 2.68. The van der Waals surface area contributed by atoms with Crippen LogP contribution in [0.25, 0.3) is 0 Å². The number of carbonyl (C=O) groups is 1. The highest BCUT2D eigenvalue weighted by molar-refractivity contribution is 6.00. The molecule has 1 saturated heterocycles. The van der Waals surface area contributed by atoms with Crippen LogP contribution in [0, 0.1) is 0 Å². The Balaban J connectivity index is 1.45. The van der Waals surface area contributed by atoms with Gasteiger partial charge in [-0.1, -0.05) is 12.1 Å². The van der Waals surface area contributed by atoms with Gasteiger partial charge < -0.3 is 9.30 Å². The lowest BCUT2D eigenvalue weighted by Crippen LogP contribution is -2.50. The van der Waals surface area contributed by atoms with Gasteiger partial charge in [-0.05, 0) is 24.3 Å². The Hall–Kier alpha value is -2.07. The summed E-state index contributed by atoms with van der Waals surface area (Å²) in [6.45, 7) is 2.91. The molecule has 0 unspecified atom stereocenters. The number of ketones is 1. The predicted molar refractivity (Wildman–Crippen MR) is 88.7 cm³/mol. The molecule has 0 atom stereocenters. The average Bonchev–Trinajstić information content (AvgIpc) is 2.95. The Labute approximate surface area is 136 Å². The van der Waals surface area contributed by atoms with Gasteiger partial charge in [0.1, 0.15) is 11.4 Å². The molecule has 4 nitrogen and oxygen atoms in total. The molecule has 4 rings (SSSR count). The number of carbonyl (C=O) groups excluding carboxylic acids is 1. The van der Waals surface area contributed by atoms with Crippen LogP contribution in [-0.4, -0.2) is 33.9 Å². The zero-order valence-electron chi connectivity index (χ0n) is 13.5. The lowest BCUT2D eigenvalue weighted by molar-refractivity contribution is -0.0111. The van der Waals surface area contributed by atoms with Crippen molar-refractivity contribution in [1.29, 1.82) is 0 Å². The van der Waals surface area contributed by atoms with Crippen LogP contribution < -0.4 is 4.74 Å². The van der Waals surface area contributed by atoms with Crippen LogP contribution in [-0.2, 0) is 13.6 Å². The molecule has 4 heteroatoms. The fourth-order valence-corrected chi connectivity index (χ4v) is 3.73. The topological polar surface area (TPSA) is 34.5 Å². The van der Waals surface area contributed by atoms with E-state index in [2.05, 4.69) is 34.8 Å². The molecule has 120 valence electrons. The molecule has 1 fully saturated rings. The van der Waals surface area contributed by atoms with Crippen LogP contribution in [0.5, 0.6) is 5.75 Å². The van der Waals surface area contributed by atoms with E-state index in [4.69, 9.17) is 4.74 Å². The van der Waals surface area contributed by atoms with Crippen molar-refractivity contribution in [2.75, 3.05) is 13.1 Å². The van der Waals surface area contributed by atoms with Gasteiger partial charge in [0.2, 0.25) is 0 Å². The molecular weight excluding hydrogens is 288 g/mol. The number of aryl methyl sites for hydroxylation is 1. The fraction of sp³-hybridized carbons (Fsp3) is 0.421. The maximum Gasteiger partial charge on any atom is 0.170 e. The molecule has 1 spiro atoms. The van der Waals surface area contributed by atoms with Crippen molar-refractivity contribution in [3.8, 4) is 5.75 Å². The summed E-state index contributed by atoms with van der Waals surface area (Å²) in [5, 5.41) is 0. The van der Waals surface area contributed by atoms with Gasteiger partial charge in [0.05, 0.1) is 12.0 Å². The summed E-state index contributed by atoms with van der Waals surface area (Å²) in [5.41, 5.74) is 1.77. The van der Waals surface area contributed by atoms with Gasteiger partial charge in [0.25, 0.3) is 0 Å². The first kappa shape index (κ1) is 14.5. The number of rotatable bonds is 2. The standard InChI is InChI=1S/C19H22N2O2/c1-20-10-4-5-15(20)14-21-11-8-19(9-12-21)13-17(22)16-6-2-3-7-18(16)23-19/h2-7,10H,8-9,11-14H2,1H3. The van der Waals surface area contributed by atoms with Crippen LogP contribution in [0.3, 0.4) is 0 Å². The minimum Gasteiger partial charge on any atom is -0.486 e. The lowest BCUT2D eigenvalue weighted by Gasteiger charge is -2.44. The molecule has 0 bridgehead atoms. The molecule has 2 aliphatic rings. The Bertz CT molecular complexity index is 726. The number of benzene rings is 1. The van der Waals surface area contributed by atoms with Gasteiger partial charge >= 0.3 is 0 Å². The molecule has 1 aromatic heterocycles. The van der Waals surface area contributed by atoms with E-state index >= 15 is 0 Å². The molecule has 1 aromatic carbocycles. The first-order valence-electron chi connectivity index (χ1n) is 8.29. The number of aromatic nitrogens is 1. The van der Waals surface area contributed by atoms with Crippen LogP contribution >= 0.6 is 0 Å². The van der Waals surface area contributed by atoms with Crippen LogP contribution in [0.4, 0.5) is 0 Å². The summed E-state index contributed by atoms with van der Waals surface area (Å²) in [4.78, 5) is 14.9. The summed E-state index contributed by atoms with van der Waals surface area (Å²) in [6.07, 6.45) is 4.43. The highest BCUT2D eigenvalue weighted by Crippen LogP contribution is 2.39. The summed E-state index contributed by atoms with van der Waals surface area (Å²) in [7, 11) is 2.08. The van der Waals surface area contributed by atoms with Crippen molar-refractivity contribution in [2.24, 2.45) is 7.05 Å². The molecule has 2 aliphatic heterocycles. The Kier molecular flexibility index (Phi) is 3.49. The van der Waals surface area contributed by atoms with Gasteiger partial charge in [0.15, 0.2) is 5.78 Å². The quantitative estimate of drug-likeness (QED) is 0.855. The normalized spacial score (nSPS) is 20.3. The molecule has 2 aromatic rings. The Morgan fingerprint density at radius 3 is 2.65 bits per heavy atom. The second-order valence-corrected chi connectivity index (χ2v) is 6.77. The monoisotopic (exact) mass is 310 g/mol. The second kappa shape index (κ2) is 5.53. The van der Waals surface area contributed by atoms with E-state index in [1.54, 1.807) is 0 Å². The summed E-state index contributed by atoms with van der Waals surface area (Å²) in [5.74, 6) is 0.988. The molecular formula is C19H22N2O2. The van der Waals surface area contributed by atoms with Gasteiger partial charge in [0, 0.05) is 51.4 Å². The summed E-state index contributed by atoms with van der Waals surface area (Å²) < 4.78 is 8.45. The van der Waals surface area contributed by atoms with Crippen molar-refractivity contribution in [1.82, 2.24) is 9.47 Å². The highest BCUT2D eigenvalue weighted by Gasteiger charge is 2.42. The number of para-hydroxylation sites is 1. The van der Waals surface area contributed by atoms with Crippen LogP contribution in [0.15, 0.2) is 42.6 Å². The Morgan fingerprint density at radius 1 is 1.13 bits per heavy atom. The smallest absolute Gasteiger partial charge is 0.170 e. The maximum atomic E-state index is 12.4. The largest absolute Gasteiger partial charge is 0.486 e. The van der Waals surface area contributed by atoms with E-state index in [-0.39, 0.29) is 11.4 Å². The molecule has 3 heterocycles. The van der Waals surface area contributed by atoms with Gasteiger partial charge in [-0.15, -0.1) is 0 Å². The third-order valence-electron chi connectivity index (χ3n) is 5.20. The molecule has 0 aliphatic carbocycles. The van der Waals surface area contributed by atoms with Crippen LogP contribution in [0.2, 0.25) is 0 Å². The number of nitrogens with zero attached hydrogens (tertiary/aromatic N) is 2. The van der Waals surface area contributed by atoms with E-state index in [1.165, 1.54) is 5.69 Å². The zero-order chi connectivity index (χ0) is 15.9. The number of ether oxygens (including phenoxy) is 1. The van der Waals surface area contributed by atoms with E-state index < -0.39 is 0 Å². The fourth-order valence-electron chi connectivity index (χ4n) is 3.73. The second-order valence-electron chi connectivity index (χ2n) is 6.77. The third-order valence-corrected chi connectivity index (χ3v) is 5.20. The number of hydrogen-bond donors (Lipinski definition) is 0. The maximum absolute atomic E-state index is 12.4. The Morgan fingerprint density at radius 2 is 1.91 bits per heavy atom. The van der Waals surface area contributed by atoms with Crippen molar-refractivity contribution < 1.29 is 9.53 Å². The first-order valence-corrected chi connectivity index (χ1v) is 8.29. The SMILES string of the molecule is Cn1cccc1CN1CCC2(CC1)CC(=O)c1ccccc1O2. The minimum absolute atomic E-state index is 0.225. The summed E-state index contributed by atoms with van der Waals surface area (Å²) in [6, 6.07) is 11.9. The molecule has 0 radical (unpaired) electrons. The number of Topliss-reactive ketones (excluding diaryl/α,β-unsaturated/α-hetero) is 1. The number of hydrogen-bond acceptors (Lipinski definition) is 3. The van der Waals surface area contributed by atoms with Crippen molar-refractivity contribution >= 4 is 5.78 Å². The van der Waals surface area contributed by atoms with Crippen molar-refractivity contribution in [2.45, 2.75) is 31.4 Å². The molecule has 23 heavy (non-hydrogen) atoms. The zero-order valence-corrected chi connectivity index (χ0v) is 13.5. The van der Waals surface area contributed by atoms with E-state index in [1.807, 2.05) is 24.3 Å². The van der Waals surface area contributed by atoms with Crippen molar-refractivity contribution in [3.05, 3.63) is 53.9 Å². The van der Waals surface area contributed by atoms with Crippen molar-refractivity contribution in [3.63, 3.8) is 0 Å². The molecule has 0 N–H and O–H groups in total. The van der Waals surface area contributed by atoms with E-state index in [9.17, 15) is 4.79 Å². The van der Waals surface area contributed by atoms with Gasteiger partial charge in [-0.25, -0.2) is 0 Å². The van der Waals surface area contributed by atoms with Gasteiger partial charge in [-0.3, -0.25) is 9.69 Å².